The van der Waals surface area contributed by atoms with Gasteiger partial charge in [-0.25, -0.2) is 4.98 Å². The van der Waals surface area contributed by atoms with Crippen LogP contribution in [0.3, 0.4) is 0 Å². The van der Waals surface area contributed by atoms with E-state index in [1.165, 1.54) is 0 Å². The summed E-state index contributed by atoms with van der Waals surface area (Å²) in [6, 6.07) is 6.66. The molecule has 0 spiro atoms. The van der Waals surface area contributed by atoms with Gasteiger partial charge in [0.15, 0.2) is 0 Å². The maximum absolute atomic E-state index is 9.04. The van der Waals surface area contributed by atoms with Crippen LogP contribution in [-0.2, 0) is 6.54 Å². The summed E-state index contributed by atoms with van der Waals surface area (Å²) in [7, 11) is 0. The number of pyridine rings is 1. The molecular weight excluding hydrogens is 224 g/mol. The molecule has 4 heteroatoms. The zero-order valence-electron chi connectivity index (χ0n) is 11.1. The van der Waals surface area contributed by atoms with Crippen LogP contribution < -0.4 is 0 Å². The molecule has 0 N–H and O–H groups in total. The summed E-state index contributed by atoms with van der Waals surface area (Å²) in [6.45, 7) is 9.67. The molecule has 96 valence electrons. The van der Waals surface area contributed by atoms with Gasteiger partial charge in [-0.2, -0.15) is 5.26 Å². The van der Waals surface area contributed by atoms with Crippen LogP contribution in [0, 0.1) is 11.3 Å². The van der Waals surface area contributed by atoms with Crippen molar-refractivity contribution < 1.29 is 0 Å². The molecule has 0 amide bonds. The first-order chi connectivity index (χ1) is 8.74. The van der Waals surface area contributed by atoms with E-state index in [-0.39, 0.29) is 0 Å². The van der Waals surface area contributed by atoms with Gasteiger partial charge in [-0.15, -0.1) is 0 Å². The Balaban J connectivity index is 2.01. The van der Waals surface area contributed by atoms with E-state index in [1.807, 2.05) is 12.1 Å². The summed E-state index contributed by atoms with van der Waals surface area (Å²) in [5.74, 6) is 0. The van der Waals surface area contributed by atoms with Crippen molar-refractivity contribution in [2.75, 3.05) is 26.2 Å². The first kappa shape index (κ1) is 13.0. The number of likely N-dealkylation sites (N-methyl/N-ethyl adjacent to an activating group) is 1. The fraction of sp³-hybridized carbons (Fsp3) is 0.571. The summed E-state index contributed by atoms with van der Waals surface area (Å²) >= 11 is 0. The molecule has 1 saturated heterocycles. The zero-order chi connectivity index (χ0) is 13.0. The van der Waals surface area contributed by atoms with Gasteiger partial charge in [0.2, 0.25) is 0 Å². The van der Waals surface area contributed by atoms with Crippen LogP contribution in [0.25, 0.3) is 0 Å². The summed E-state index contributed by atoms with van der Waals surface area (Å²) < 4.78 is 0. The highest BCUT2D eigenvalue weighted by atomic mass is 15.3. The lowest BCUT2D eigenvalue weighted by molar-refractivity contribution is 0.0833. The average molecular weight is 244 g/mol. The molecule has 0 bridgehead atoms. The molecule has 2 heterocycles. The highest BCUT2D eigenvalue weighted by molar-refractivity contribution is 5.30. The van der Waals surface area contributed by atoms with Gasteiger partial charge in [-0.3, -0.25) is 9.80 Å². The van der Waals surface area contributed by atoms with E-state index in [0.717, 1.165) is 38.3 Å². The van der Waals surface area contributed by atoms with Crippen LogP contribution in [-0.4, -0.2) is 47.0 Å². The molecule has 1 fully saturated rings. The number of nitrogens with zero attached hydrogens (tertiary/aromatic N) is 4. The van der Waals surface area contributed by atoms with Crippen LogP contribution in [0.15, 0.2) is 18.3 Å². The Morgan fingerprint density at radius 1 is 1.50 bits per heavy atom. The quantitative estimate of drug-likeness (QED) is 0.808. The smallest absolute Gasteiger partial charge is 0.144 e. The molecule has 18 heavy (non-hydrogen) atoms. The fourth-order valence-electron chi connectivity index (χ4n) is 2.59. The van der Waals surface area contributed by atoms with E-state index >= 15 is 0 Å². The molecule has 1 aromatic rings. The van der Waals surface area contributed by atoms with Crippen molar-refractivity contribution in [1.29, 1.82) is 5.26 Å². The largest absolute Gasteiger partial charge is 0.298 e. The van der Waals surface area contributed by atoms with Crippen molar-refractivity contribution >= 4 is 0 Å². The third-order valence-corrected chi connectivity index (χ3v) is 3.65. The van der Waals surface area contributed by atoms with E-state index in [2.05, 4.69) is 34.7 Å². The van der Waals surface area contributed by atoms with Gasteiger partial charge < -0.3 is 0 Å². The van der Waals surface area contributed by atoms with Crippen molar-refractivity contribution in [2.45, 2.75) is 26.4 Å². The summed E-state index contributed by atoms with van der Waals surface area (Å²) in [5.41, 5.74) is 1.60. The predicted octanol–water partition coefficient (Wildman–Crippen LogP) is 1.48. The lowest BCUT2D eigenvalue weighted by Crippen LogP contribution is -2.51. The highest BCUT2D eigenvalue weighted by Crippen LogP contribution is 2.14. The van der Waals surface area contributed by atoms with Crippen molar-refractivity contribution in [3.05, 3.63) is 29.6 Å². The number of nitriles is 1. The Bertz CT molecular complexity index is 438. The second kappa shape index (κ2) is 5.94. The number of aromatic nitrogens is 1. The maximum Gasteiger partial charge on any atom is 0.144 e. The summed E-state index contributed by atoms with van der Waals surface area (Å²) in [4.78, 5) is 9.02. The van der Waals surface area contributed by atoms with Crippen LogP contribution in [0.2, 0.25) is 0 Å². The molecular formula is C14H20N4. The molecule has 0 aromatic carbocycles. The van der Waals surface area contributed by atoms with Gasteiger partial charge in [0.1, 0.15) is 11.8 Å². The highest BCUT2D eigenvalue weighted by Gasteiger charge is 2.22. The number of hydrogen-bond donors (Lipinski definition) is 0. The third-order valence-electron chi connectivity index (χ3n) is 3.65. The van der Waals surface area contributed by atoms with Crippen LogP contribution in [0.1, 0.15) is 25.1 Å². The molecule has 0 aliphatic carbocycles. The molecule has 1 aromatic heterocycles. The van der Waals surface area contributed by atoms with Crippen LogP contribution >= 0.6 is 0 Å². The lowest BCUT2D eigenvalue weighted by Gasteiger charge is -2.39. The molecule has 2 rings (SSSR count). The lowest BCUT2D eigenvalue weighted by atomic mass is 10.1. The Kier molecular flexibility index (Phi) is 4.29. The van der Waals surface area contributed by atoms with Crippen molar-refractivity contribution in [1.82, 2.24) is 14.8 Å². The van der Waals surface area contributed by atoms with Crippen molar-refractivity contribution in [3.8, 4) is 6.07 Å². The minimum atomic E-state index is 0.558. The van der Waals surface area contributed by atoms with E-state index in [9.17, 15) is 0 Å². The monoisotopic (exact) mass is 244 g/mol. The molecule has 0 radical (unpaired) electrons. The van der Waals surface area contributed by atoms with E-state index in [0.29, 0.717) is 11.7 Å². The molecule has 1 unspecified atom stereocenters. The van der Waals surface area contributed by atoms with Crippen molar-refractivity contribution in [2.24, 2.45) is 0 Å². The van der Waals surface area contributed by atoms with Gasteiger partial charge >= 0.3 is 0 Å². The Labute approximate surface area is 109 Å². The van der Waals surface area contributed by atoms with E-state index < -0.39 is 0 Å². The first-order valence-electron chi connectivity index (χ1n) is 6.55. The second-order valence-electron chi connectivity index (χ2n) is 4.84. The maximum atomic E-state index is 9.04. The molecule has 1 atom stereocenters. The topological polar surface area (TPSA) is 43.2 Å². The van der Waals surface area contributed by atoms with Gasteiger partial charge in [-0.05, 0) is 19.5 Å². The minimum absolute atomic E-state index is 0.558. The molecule has 1 aliphatic heterocycles. The van der Waals surface area contributed by atoms with E-state index in [1.54, 1.807) is 6.20 Å². The normalized spacial score (nSPS) is 21.7. The average Bonchev–Trinajstić information content (AvgIpc) is 2.39. The molecule has 0 saturated carbocycles. The van der Waals surface area contributed by atoms with Gasteiger partial charge in [0, 0.05) is 44.0 Å². The number of hydrogen-bond acceptors (Lipinski definition) is 4. The predicted molar refractivity (Wildman–Crippen MR) is 70.9 cm³/mol. The summed E-state index contributed by atoms with van der Waals surface area (Å²) in [5, 5.41) is 9.04. The van der Waals surface area contributed by atoms with Crippen molar-refractivity contribution in [3.63, 3.8) is 0 Å². The van der Waals surface area contributed by atoms with Gasteiger partial charge in [0.05, 0.1) is 0 Å². The zero-order valence-corrected chi connectivity index (χ0v) is 11.1. The van der Waals surface area contributed by atoms with Crippen LogP contribution in [0.4, 0.5) is 0 Å². The molecule has 4 nitrogen and oxygen atoms in total. The van der Waals surface area contributed by atoms with Gasteiger partial charge in [-0.1, -0.05) is 13.0 Å². The number of piperazine rings is 1. The van der Waals surface area contributed by atoms with Crippen LogP contribution in [0.5, 0.6) is 0 Å². The minimum Gasteiger partial charge on any atom is -0.298 e. The fourth-order valence-corrected chi connectivity index (χ4v) is 2.59. The number of rotatable bonds is 3. The Hall–Kier alpha value is -1.44. The standard InChI is InChI=1S/C14H20N4/c1-3-18-8-7-17(10-12(18)2)11-13-5-4-6-16-14(13)9-15/h4-6,12H,3,7-8,10-11H2,1-2H3. The SMILES string of the molecule is CCN1CCN(Cc2cccnc2C#N)CC1C. The Morgan fingerprint density at radius 2 is 2.33 bits per heavy atom. The third kappa shape index (κ3) is 2.87. The van der Waals surface area contributed by atoms with E-state index in [4.69, 9.17) is 5.26 Å². The molecule has 1 aliphatic rings. The second-order valence-corrected chi connectivity index (χ2v) is 4.84. The summed E-state index contributed by atoms with van der Waals surface area (Å²) in [6.07, 6.45) is 1.68. The van der Waals surface area contributed by atoms with Gasteiger partial charge in [0.25, 0.3) is 0 Å². The first-order valence-corrected chi connectivity index (χ1v) is 6.55. The Morgan fingerprint density at radius 3 is 3.00 bits per heavy atom.